The smallest absolute Gasteiger partial charge is 0.253 e. The molecule has 13 aromatic rings. The number of anilines is 3. The Bertz CT molecular complexity index is 5830. The number of carbonyl (C=O) groups excluding carboxylic acids is 4. The van der Waals surface area contributed by atoms with Crippen LogP contribution in [-0.4, -0.2) is 187 Å². The zero-order valence-electron chi connectivity index (χ0n) is 74.2. The summed E-state index contributed by atoms with van der Waals surface area (Å²) in [6.07, 6.45) is 37.0. The van der Waals surface area contributed by atoms with Crippen LogP contribution < -0.4 is 19.4 Å². The van der Waals surface area contributed by atoms with Crippen LogP contribution in [0.15, 0.2) is 238 Å². The predicted octanol–water partition coefficient (Wildman–Crippen LogP) is 19.5. The highest BCUT2D eigenvalue weighted by molar-refractivity contribution is 6.30. The summed E-state index contributed by atoms with van der Waals surface area (Å²) in [5, 5.41) is 29.8. The fourth-order valence-electron chi connectivity index (χ4n) is 20.3. The molecule has 0 spiro atoms. The Hall–Kier alpha value is -12.6. The third-order valence-electron chi connectivity index (χ3n) is 27.5. The molecule has 129 heavy (non-hydrogen) atoms. The molecule has 0 bridgehead atoms. The topological polar surface area (TPSA) is 220 Å². The molecule has 668 valence electrons. The van der Waals surface area contributed by atoms with Crippen LogP contribution >= 0.6 is 11.6 Å². The van der Waals surface area contributed by atoms with Gasteiger partial charge in [-0.1, -0.05) is 96.5 Å². The molecule has 4 saturated heterocycles. The molecule has 4 amide bonds. The van der Waals surface area contributed by atoms with E-state index in [1.807, 2.05) is 120 Å². The number of benzene rings is 8. The van der Waals surface area contributed by atoms with Gasteiger partial charge in [-0.2, -0.15) is 20.4 Å². The monoisotopic (exact) mass is 1750 g/mol. The molecule has 0 saturated carbocycles. The number of ether oxygens (including phenoxy) is 1. The Morgan fingerprint density at radius 2 is 0.837 bits per heavy atom. The largest absolute Gasteiger partial charge is 0.496 e. The minimum atomic E-state index is -0.310. The third kappa shape index (κ3) is 22.9. The van der Waals surface area contributed by atoms with E-state index in [-0.39, 0.29) is 23.5 Å². The number of likely N-dealkylation sites (tertiary alicyclic amines) is 4. The quantitative estimate of drug-likeness (QED) is 0.0498. The number of aryl methyl sites for hydroxylation is 2. The highest BCUT2D eigenvalue weighted by Gasteiger charge is 2.32. The minimum Gasteiger partial charge on any atom is -0.496 e. The van der Waals surface area contributed by atoms with E-state index in [1.165, 1.54) is 97.4 Å². The number of para-hydroxylation sites is 1. The Balaban J connectivity index is 0.000000121. The standard InChI is InChI=1S/C28H34N4O2.C27H32N4O.C26H27ClN4O.C25H27FN4O/c1-34-27-7-3-2-6-22(27)9-11-28(33)31-14-4-5-21(12-15-31)20-32-16-13-24-17-23(8-10-26(24)32)25-18-29-30-19-25;32-27(11-8-21-5-2-1-3-6-21)30-14-4-7-22(12-15-30)20-31-16-13-24-17-23(9-10-26(24)31)25-18-28-29-19-25;27-24-5-1-3-20(13-24)14-26(32)30-10-2-4-19(8-11-30)18-31-12-9-22-15-21(6-7-25(22)31)23-16-28-29-17-23;26-23-6-3-19(4-7-23)25(31)29-11-1-2-18(9-12-29)17-30-13-10-21-14-20(5-8-24(21)30)22-15-27-28-16-22/h2-3,6-8,10,17-19,21H,4-5,9,11-16,20H2,1H3,(H,29,30);1-3,5-6,9-10,17-19,22H,4,7-8,11-16,20H2,(H,28,29);1,3,5-7,9,12-13,15-17,19H,2,4,8,10-11,14,18H2,(H,28,29);3-8,14-16,18H,1-2,9-13,17H2,(H,27,28). The van der Waals surface area contributed by atoms with Crippen molar-refractivity contribution in [1.82, 2.24) is 65.0 Å². The van der Waals surface area contributed by atoms with Crippen molar-refractivity contribution in [2.45, 2.75) is 135 Å². The first-order valence-electron chi connectivity index (χ1n) is 46.8. The molecule has 4 N–H and O–H groups in total. The first-order valence-corrected chi connectivity index (χ1v) is 47.2. The van der Waals surface area contributed by atoms with Crippen LogP contribution in [0.1, 0.15) is 134 Å². The van der Waals surface area contributed by atoms with Crippen molar-refractivity contribution in [2.24, 2.45) is 23.7 Å². The van der Waals surface area contributed by atoms with Crippen LogP contribution in [0.25, 0.3) is 55.4 Å². The molecule has 7 aliphatic rings. The Morgan fingerprint density at radius 1 is 0.403 bits per heavy atom. The fraction of sp³-hybridized carbons (Fsp3) is 0.377. The van der Waals surface area contributed by atoms with E-state index < -0.39 is 0 Å². The number of amides is 4. The maximum Gasteiger partial charge on any atom is 0.253 e. The Morgan fingerprint density at radius 3 is 1.32 bits per heavy atom. The summed E-state index contributed by atoms with van der Waals surface area (Å²) in [6.45, 7) is 14.2. The molecule has 5 aromatic heterocycles. The molecule has 21 nitrogen and oxygen atoms in total. The van der Waals surface area contributed by atoms with Crippen LogP contribution in [0, 0.1) is 29.5 Å². The van der Waals surface area contributed by atoms with Gasteiger partial charge in [-0.15, -0.1) is 0 Å². The number of hydrogen-bond acceptors (Lipinski definition) is 12. The fourth-order valence-corrected chi connectivity index (χ4v) is 20.5. The molecule has 0 radical (unpaired) electrons. The SMILES string of the molecule is COc1ccccc1CCC(=O)N1CCCC(CN2CCc3cc(-c4cn[nH]c4)ccc32)CC1.O=C(CCc1ccccc1)N1CCCC(CN2CCc3cc(-c4cn[nH]c4)ccc32)CC1.O=C(Cc1cccc(Cl)c1)N1CCCC(Cn2ccc3cc(-c4cn[nH]c4)ccc32)CC1.O=C(c1ccc(F)cc1)N1CCCC(CN2CCc3cc(-c4cn[nH]c4)ccc32)CC1. The average molecular weight is 1750 g/mol. The number of nitrogens with one attached hydrogen (secondary N) is 4. The summed E-state index contributed by atoms with van der Waals surface area (Å²) < 4.78 is 21.0. The van der Waals surface area contributed by atoms with Gasteiger partial charge in [-0.3, -0.25) is 39.6 Å². The van der Waals surface area contributed by atoms with Crippen LogP contribution in [-0.2, 0) is 59.5 Å². The molecule has 8 aromatic carbocycles. The second-order valence-corrected chi connectivity index (χ2v) is 36.5. The molecular formula is C106H120ClFN16O5. The lowest BCUT2D eigenvalue weighted by Gasteiger charge is -2.25. The number of fused-ring (bicyclic) bond motifs is 4. The van der Waals surface area contributed by atoms with Crippen molar-refractivity contribution in [3.63, 3.8) is 0 Å². The zero-order chi connectivity index (χ0) is 88.2. The Kier molecular flexibility index (Phi) is 29.5. The van der Waals surface area contributed by atoms with Crippen LogP contribution in [0.4, 0.5) is 21.5 Å². The van der Waals surface area contributed by atoms with Gasteiger partial charge in [-0.05, 0) is 286 Å². The van der Waals surface area contributed by atoms with Gasteiger partial charge in [0.05, 0.1) is 38.3 Å². The first kappa shape index (κ1) is 88.5. The van der Waals surface area contributed by atoms with Gasteiger partial charge >= 0.3 is 0 Å². The van der Waals surface area contributed by atoms with E-state index in [2.05, 4.69) is 173 Å². The molecule has 4 unspecified atom stereocenters. The summed E-state index contributed by atoms with van der Waals surface area (Å²) in [4.78, 5) is 67.1. The zero-order valence-corrected chi connectivity index (χ0v) is 75.0. The molecule has 0 aliphatic carbocycles. The lowest BCUT2D eigenvalue weighted by atomic mass is 10.00. The van der Waals surface area contributed by atoms with Gasteiger partial charge in [0.25, 0.3) is 5.91 Å². The number of aromatic nitrogens is 9. The van der Waals surface area contributed by atoms with Crippen molar-refractivity contribution in [3.05, 3.63) is 288 Å². The lowest BCUT2D eigenvalue weighted by Crippen LogP contribution is -2.33. The summed E-state index contributed by atoms with van der Waals surface area (Å²) in [6, 6.07) is 60.9. The van der Waals surface area contributed by atoms with E-state index in [0.717, 1.165) is 234 Å². The summed E-state index contributed by atoms with van der Waals surface area (Å²) in [5.74, 6) is 3.79. The summed E-state index contributed by atoms with van der Waals surface area (Å²) in [5.41, 5.74) is 22.9. The number of nitrogens with zero attached hydrogens (tertiary/aromatic N) is 12. The number of methoxy groups -OCH3 is 1. The number of aromatic amines is 4. The van der Waals surface area contributed by atoms with Gasteiger partial charge < -0.3 is 43.6 Å². The maximum atomic E-state index is 13.2. The number of rotatable bonds is 22. The van der Waals surface area contributed by atoms with Crippen molar-refractivity contribution >= 4 is 63.2 Å². The first-order chi connectivity index (χ1) is 63.3. The molecule has 4 fully saturated rings. The van der Waals surface area contributed by atoms with E-state index in [4.69, 9.17) is 16.3 Å². The van der Waals surface area contributed by atoms with Gasteiger partial charge in [0.15, 0.2) is 0 Å². The maximum absolute atomic E-state index is 13.2. The van der Waals surface area contributed by atoms with Crippen LogP contribution in [0.5, 0.6) is 5.75 Å². The summed E-state index contributed by atoms with van der Waals surface area (Å²) in [7, 11) is 1.69. The third-order valence-corrected chi connectivity index (χ3v) is 27.8. The van der Waals surface area contributed by atoms with E-state index in [1.54, 1.807) is 19.2 Å². The van der Waals surface area contributed by atoms with Crippen molar-refractivity contribution < 1.29 is 28.3 Å². The highest BCUT2D eigenvalue weighted by Crippen LogP contribution is 2.39. The van der Waals surface area contributed by atoms with Gasteiger partial charge in [0, 0.05) is 203 Å². The second-order valence-electron chi connectivity index (χ2n) is 36.0. The van der Waals surface area contributed by atoms with Gasteiger partial charge in [-0.25, -0.2) is 4.39 Å². The predicted molar refractivity (Wildman–Crippen MR) is 512 cm³/mol. The van der Waals surface area contributed by atoms with Gasteiger partial charge in [0.2, 0.25) is 17.7 Å². The number of H-pyrrole nitrogens is 4. The molecule has 7 aliphatic heterocycles. The molecule has 23 heteroatoms. The molecule has 12 heterocycles. The van der Waals surface area contributed by atoms with E-state index in [9.17, 15) is 23.6 Å². The molecule has 20 rings (SSSR count). The minimum absolute atomic E-state index is 0.0129. The molecular weight excluding hydrogens is 1630 g/mol. The Labute approximate surface area is 761 Å². The van der Waals surface area contributed by atoms with E-state index in [0.29, 0.717) is 59.4 Å². The van der Waals surface area contributed by atoms with Crippen LogP contribution in [0.3, 0.4) is 0 Å². The number of halogens is 2. The lowest BCUT2D eigenvalue weighted by molar-refractivity contribution is -0.131. The van der Waals surface area contributed by atoms with Crippen LogP contribution in [0.2, 0.25) is 5.02 Å². The van der Waals surface area contributed by atoms with Crippen molar-refractivity contribution in [3.8, 4) is 50.3 Å². The second kappa shape index (κ2) is 43.0. The van der Waals surface area contributed by atoms with Crippen molar-refractivity contribution in [2.75, 3.05) is 113 Å². The number of carbonyl (C=O) groups is 4. The molecule has 4 atom stereocenters. The summed E-state index contributed by atoms with van der Waals surface area (Å²) >= 11 is 6.07. The highest BCUT2D eigenvalue weighted by atomic mass is 35.5. The number of hydrogen-bond donors (Lipinski definition) is 4. The van der Waals surface area contributed by atoms with E-state index >= 15 is 0 Å². The van der Waals surface area contributed by atoms with Gasteiger partial charge in [0.1, 0.15) is 11.6 Å². The average Bonchev–Trinajstić information content (AvgIpc) is 1.65. The van der Waals surface area contributed by atoms with Crippen molar-refractivity contribution in [1.29, 1.82) is 0 Å². The normalized spacial score (nSPS) is 18.0.